The highest BCUT2D eigenvalue weighted by atomic mass is 16.5. The highest BCUT2D eigenvalue weighted by molar-refractivity contribution is 5.81. The Labute approximate surface area is 126 Å². The SMILES string of the molecule is CCCC(C)NC(=O)C(C)Oc1cc(OC)ccc1CO. The van der Waals surface area contributed by atoms with Gasteiger partial charge in [-0.2, -0.15) is 0 Å². The number of carbonyl (C=O) groups is 1. The van der Waals surface area contributed by atoms with Crippen LogP contribution in [0.4, 0.5) is 0 Å². The molecule has 0 bridgehead atoms. The second-order valence-corrected chi connectivity index (χ2v) is 5.09. The first kappa shape index (κ1) is 17.3. The summed E-state index contributed by atoms with van der Waals surface area (Å²) in [5.41, 5.74) is 0.622. The minimum Gasteiger partial charge on any atom is -0.497 e. The fourth-order valence-corrected chi connectivity index (χ4v) is 2.01. The lowest BCUT2D eigenvalue weighted by atomic mass is 10.2. The highest BCUT2D eigenvalue weighted by Gasteiger charge is 2.18. The zero-order valence-electron chi connectivity index (χ0n) is 13.2. The van der Waals surface area contributed by atoms with E-state index in [9.17, 15) is 9.90 Å². The van der Waals surface area contributed by atoms with Crippen molar-refractivity contribution in [2.45, 2.75) is 52.4 Å². The molecule has 0 spiro atoms. The zero-order valence-corrected chi connectivity index (χ0v) is 13.2. The maximum Gasteiger partial charge on any atom is 0.260 e. The quantitative estimate of drug-likeness (QED) is 0.772. The number of hydrogen-bond donors (Lipinski definition) is 2. The van der Waals surface area contributed by atoms with E-state index in [0.717, 1.165) is 12.8 Å². The summed E-state index contributed by atoms with van der Waals surface area (Å²) < 4.78 is 10.8. The van der Waals surface area contributed by atoms with Crippen LogP contribution < -0.4 is 14.8 Å². The molecule has 0 aromatic heterocycles. The van der Waals surface area contributed by atoms with Crippen molar-refractivity contribution in [3.05, 3.63) is 23.8 Å². The topological polar surface area (TPSA) is 67.8 Å². The number of nitrogens with one attached hydrogen (secondary N) is 1. The smallest absolute Gasteiger partial charge is 0.260 e. The summed E-state index contributed by atoms with van der Waals surface area (Å²) in [4.78, 5) is 12.1. The Morgan fingerprint density at radius 3 is 2.67 bits per heavy atom. The molecule has 21 heavy (non-hydrogen) atoms. The molecule has 0 saturated carbocycles. The van der Waals surface area contributed by atoms with Gasteiger partial charge >= 0.3 is 0 Å². The molecule has 1 aromatic carbocycles. The van der Waals surface area contributed by atoms with E-state index >= 15 is 0 Å². The van der Waals surface area contributed by atoms with Gasteiger partial charge in [-0.15, -0.1) is 0 Å². The van der Waals surface area contributed by atoms with Crippen molar-refractivity contribution in [1.82, 2.24) is 5.32 Å². The van der Waals surface area contributed by atoms with Crippen LogP contribution in [0.3, 0.4) is 0 Å². The van der Waals surface area contributed by atoms with Crippen molar-refractivity contribution in [1.29, 1.82) is 0 Å². The number of methoxy groups -OCH3 is 1. The van der Waals surface area contributed by atoms with Crippen LogP contribution in [0.5, 0.6) is 11.5 Å². The van der Waals surface area contributed by atoms with Gasteiger partial charge in [-0.25, -0.2) is 0 Å². The maximum atomic E-state index is 12.1. The first-order valence-corrected chi connectivity index (χ1v) is 7.26. The Bertz CT molecular complexity index is 462. The number of aliphatic hydroxyl groups excluding tert-OH is 1. The van der Waals surface area contributed by atoms with E-state index in [4.69, 9.17) is 9.47 Å². The molecule has 0 saturated heterocycles. The first-order chi connectivity index (χ1) is 10.0. The Morgan fingerprint density at radius 2 is 2.10 bits per heavy atom. The average molecular weight is 295 g/mol. The van der Waals surface area contributed by atoms with Crippen LogP contribution in [-0.4, -0.2) is 30.3 Å². The van der Waals surface area contributed by atoms with Gasteiger partial charge in [0, 0.05) is 17.7 Å². The van der Waals surface area contributed by atoms with Crippen LogP contribution in [0.25, 0.3) is 0 Å². The molecule has 0 fully saturated rings. The number of rotatable bonds is 8. The standard InChI is InChI=1S/C16H25NO4/c1-5-6-11(2)17-16(19)12(3)21-15-9-14(20-4)8-7-13(15)10-18/h7-9,11-12,18H,5-6,10H2,1-4H3,(H,17,19). The van der Waals surface area contributed by atoms with E-state index in [1.165, 1.54) is 0 Å². The fourth-order valence-electron chi connectivity index (χ4n) is 2.01. The van der Waals surface area contributed by atoms with Crippen LogP contribution >= 0.6 is 0 Å². The second kappa shape index (κ2) is 8.52. The molecule has 5 heteroatoms. The lowest BCUT2D eigenvalue weighted by molar-refractivity contribution is -0.127. The number of ether oxygens (including phenoxy) is 2. The average Bonchev–Trinajstić information content (AvgIpc) is 2.47. The van der Waals surface area contributed by atoms with Crippen molar-refractivity contribution >= 4 is 5.91 Å². The van der Waals surface area contributed by atoms with Gasteiger partial charge < -0.3 is 19.9 Å². The molecule has 118 valence electrons. The third-order valence-corrected chi connectivity index (χ3v) is 3.23. The zero-order chi connectivity index (χ0) is 15.8. The van der Waals surface area contributed by atoms with E-state index in [1.54, 1.807) is 32.2 Å². The van der Waals surface area contributed by atoms with Gasteiger partial charge in [0.2, 0.25) is 0 Å². The van der Waals surface area contributed by atoms with Gasteiger partial charge in [0.05, 0.1) is 13.7 Å². The summed E-state index contributed by atoms with van der Waals surface area (Å²) in [6, 6.07) is 5.26. The molecule has 2 N–H and O–H groups in total. The number of benzene rings is 1. The largest absolute Gasteiger partial charge is 0.497 e. The van der Waals surface area contributed by atoms with Crippen LogP contribution in [0.15, 0.2) is 18.2 Å². The predicted molar refractivity (Wildman–Crippen MR) is 81.5 cm³/mol. The molecule has 0 aliphatic rings. The van der Waals surface area contributed by atoms with Crippen molar-refractivity contribution in [2.75, 3.05) is 7.11 Å². The summed E-state index contributed by atoms with van der Waals surface area (Å²) in [6.45, 7) is 5.58. The van der Waals surface area contributed by atoms with Gasteiger partial charge in [0.15, 0.2) is 6.10 Å². The summed E-state index contributed by atoms with van der Waals surface area (Å²) >= 11 is 0. The first-order valence-electron chi connectivity index (χ1n) is 7.26. The summed E-state index contributed by atoms with van der Waals surface area (Å²) in [5.74, 6) is 0.916. The predicted octanol–water partition coefficient (Wildman–Crippen LogP) is 2.26. The van der Waals surface area contributed by atoms with Crippen molar-refractivity contribution < 1.29 is 19.4 Å². The van der Waals surface area contributed by atoms with Crippen LogP contribution in [-0.2, 0) is 11.4 Å². The van der Waals surface area contributed by atoms with Crippen molar-refractivity contribution in [3.8, 4) is 11.5 Å². The molecule has 0 heterocycles. The summed E-state index contributed by atoms with van der Waals surface area (Å²) in [5, 5.41) is 12.2. The Hall–Kier alpha value is -1.75. The lowest BCUT2D eigenvalue weighted by Crippen LogP contribution is -2.41. The molecule has 5 nitrogen and oxygen atoms in total. The normalized spacial score (nSPS) is 13.4. The van der Waals surface area contributed by atoms with Gasteiger partial charge in [-0.3, -0.25) is 4.79 Å². The number of aliphatic hydroxyl groups is 1. The fraction of sp³-hybridized carbons (Fsp3) is 0.562. The van der Waals surface area contributed by atoms with Gasteiger partial charge in [-0.1, -0.05) is 13.3 Å². The third kappa shape index (κ3) is 5.27. The maximum absolute atomic E-state index is 12.1. The summed E-state index contributed by atoms with van der Waals surface area (Å²) in [7, 11) is 1.56. The van der Waals surface area contributed by atoms with Crippen molar-refractivity contribution in [2.24, 2.45) is 0 Å². The molecule has 0 radical (unpaired) electrons. The van der Waals surface area contributed by atoms with Crippen LogP contribution in [0.2, 0.25) is 0 Å². The van der Waals surface area contributed by atoms with E-state index < -0.39 is 6.10 Å². The minimum absolute atomic E-state index is 0.121. The molecule has 1 rings (SSSR count). The molecule has 2 unspecified atom stereocenters. The van der Waals surface area contributed by atoms with E-state index in [1.807, 2.05) is 6.92 Å². The molecule has 1 amide bonds. The molecule has 0 aliphatic carbocycles. The van der Waals surface area contributed by atoms with E-state index in [-0.39, 0.29) is 18.6 Å². The van der Waals surface area contributed by atoms with Crippen LogP contribution in [0, 0.1) is 0 Å². The molecule has 0 aliphatic heterocycles. The molecule has 1 aromatic rings. The van der Waals surface area contributed by atoms with Crippen molar-refractivity contribution in [3.63, 3.8) is 0 Å². The highest BCUT2D eigenvalue weighted by Crippen LogP contribution is 2.25. The van der Waals surface area contributed by atoms with E-state index in [2.05, 4.69) is 12.2 Å². The van der Waals surface area contributed by atoms with Gasteiger partial charge in [-0.05, 0) is 32.4 Å². The van der Waals surface area contributed by atoms with E-state index in [0.29, 0.717) is 17.1 Å². The summed E-state index contributed by atoms with van der Waals surface area (Å²) in [6.07, 6.45) is 1.31. The van der Waals surface area contributed by atoms with Gasteiger partial charge in [0.1, 0.15) is 11.5 Å². The molecule has 2 atom stereocenters. The third-order valence-electron chi connectivity index (χ3n) is 3.23. The lowest BCUT2D eigenvalue weighted by Gasteiger charge is -2.20. The Morgan fingerprint density at radius 1 is 1.38 bits per heavy atom. The molecular formula is C16H25NO4. The number of carbonyl (C=O) groups excluding carboxylic acids is 1. The Kier molecular flexibility index (Phi) is 7.02. The van der Waals surface area contributed by atoms with Gasteiger partial charge in [0.25, 0.3) is 5.91 Å². The second-order valence-electron chi connectivity index (χ2n) is 5.09. The Balaban J connectivity index is 2.73. The minimum atomic E-state index is -0.637. The molecular weight excluding hydrogens is 270 g/mol. The number of amides is 1. The monoisotopic (exact) mass is 295 g/mol. The van der Waals surface area contributed by atoms with Crippen LogP contribution in [0.1, 0.15) is 39.2 Å². The number of hydrogen-bond acceptors (Lipinski definition) is 4.